The van der Waals surface area contributed by atoms with Gasteiger partial charge in [0.2, 0.25) is 5.91 Å². The summed E-state index contributed by atoms with van der Waals surface area (Å²) >= 11 is 0. The van der Waals surface area contributed by atoms with E-state index < -0.39 is 0 Å². The summed E-state index contributed by atoms with van der Waals surface area (Å²) in [4.78, 5) is 26.1. The molecule has 25 heavy (non-hydrogen) atoms. The maximum Gasteiger partial charge on any atom is 0.243 e. The number of benzene rings is 2. The molecule has 0 saturated heterocycles. The molecule has 0 unspecified atom stereocenters. The first kappa shape index (κ1) is 17.0. The Hall–Kier alpha value is -2.82. The third kappa shape index (κ3) is 3.82. The van der Waals surface area contributed by atoms with Gasteiger partial charge >= 0.3 is 0 Å². The van der Waals surface area contributed by atoms with Crippen LogP contribution in [0.5, 0.6) is 5.75 Å². The summed E-state index contributed by atoms with van der Waals surface area (Å²) in [6.07, 6.45) is 0.860. The monoisotopic (exact) mass is 338 g/mol. The van der Waals surface area contributed by atoms with E-state index in [2.05, 4.69) is 12.2 Å². The number of amides is 1. The van der Waals surface area contributed by atoms with Crippen molar-refractivity contribution < 1.29 is 14.3 Å². The molecule has 1 N–H and O–H groups in total. The van der Waals surface area contributed by atoms with E-state index in [-0.39, 0.29) is 18.2 Å². The van der Waals surface area contributed by atoms with Crippen LogP contribution in [-0.2, 0) is 11.2 Å². The Balaban J connectivity index is 1.77. The number of nitrogens with one attached hydrogen (secondary N) is 1. The molecule has 5 heteroatoms. The summed E-state index contributed by atoms with van der Waals surface area (Å²) in [5.74, 6) is 0.620. The summed E-state index contributed by atoms with van der Waals surface area (Å²) in [6.45, 7) is 4.94. The lowest BCUT2D eigenvalue weighted by Crippen LogP contribution is -2.39. The first-order valence-electron chi connectivity index (χ1n) is 8.49. The molecule has 0 aliphatic carbocycles. The van der Waals surface area contributed by atoms with Crippen LogP contribution in [0, 0.1) is 0 Å². The summed E-state index contributed by atoms with van der Waals surface area (Å²) < 4.78 is 5.64. The fraction of sp³-hybridized carbons (Fsp3) is 0.300. The second-order valence-electron chi connectivity index (χ2n) is 6.07. The number of anilines is 2. The zero-order valence-corrected chi connectivity index (χ0v) is 14.5. The number of fused-ring (bicyclic) bond motifs is 1. The highest BCUT2D eigenvalue weighted by atomic mass is 16.5. The van der Waals surface area contributed by atoms with Gasteiger partial charge in [-0.05, 0) is 43.2 Å². The van der Waals surface area contributed by atoms with Gasteiger partial charge in [0.25, 0.3) is 0 Å². The average molecular weight is 338 g/mol. The molecule has 0 saturated carbocycles. The summed E-state index contributed by atoms with van der Waals surface area (Å²) in [7, 11) is 0. The molecule has 1 amide bonds. The fourth-order valence-electron chi connectivity index (χ4n) is 2.97. The predicted octanol–water partition coefficient (Wildman–Crippen LogP) is 3.29. The lowest BCUT2D eigenvalue weighted by molar-refractivity contribution is -0.115. The van der Waals surface area contributed by atoms with Crippen molar-refractivity contribution >= 4 is 23.1 Å². The molecule has 1 aliphatic rings. The van der Waals surface area contributed by atoms with Gasteiger partial charge in [-0.25, -0.2) is 0 Å². The SMILES string of the molecule is CCc1ccccc1NC(=O)CN1CCOc2ccc(C(C)=O)cc21. The number of nitrogens with zero attached hydrogens (tertiary/aromatic N) is 1. The number of para-hydroxylation sites is 1. The topological polar surface area (TPSA) is 58.6 Å². The van der Waals surface area contributed by atoms with E-state index in [1.165, 1.54) is 6.92 Å². The molecule has 3 rings (SSSR count). The molecule has 0 radical (unpaired) electrons. The lowest BCUT2D eigenvalue weighted by Gasteiger charge is -2.31. The van der Waals surface area contributed by atoms with E-state index in [1.807, 2.05) is 29.2 Å². The van der Waals surface area contributed by atoms with Crippen molar-refractivity contribution in [3.05, 3.63) is 53.6 Å². The molecular weight excluding hydrogens is 316 g/mol. The van der Waals surface area contributed by atoms with Crippen molar-refractivity contribution in [3.63, 3.8) is 0 Å². The second-order valence-corrected chi connectivity index (χ2v) is 6.07. The Morgan fingerprint density at radius 2 is 2.00 bits per heavy atom. The van der Waals surface area contributed by atoms with E-state index in [1.54, 1.807) is 18.2 Å². The standard InChI is InChI=1S/C20H22N2O3/c1-3-15-6-4-5-7-17(15)21-20(24)13-22-10-11-25-19-9-8-16(14(2)23)12-18(19)22/h4-9,12H,3,10-11,13H2,1-2H3,(H,21,24). The van der Waals surface area contributed by atoms with Crippen LogP contribution in [-0.4, -0.2) is 31.4 Å². The smallest absolute Gasteiger partial charge is 0.243 e. The average Bonchev–Trinajstić information content (AvgIpc) is 2.62. The zero-order valence-electron chi connectivity index (χ0n) is 14.5. The Morgan fingerprint density at radius 1 is 1.20 bits per heavy atom. The molecule has 2 aromatic carbocycles. The van der Waals surface area contributed by atoms with Crippen LogP contribution in [0.3, 0.4) is 0 Å². The van der Waals surface area contributed by atoms with Crippen LogP contribution in [0.2, 0.25) is 0 Å². The van der Waals surface area contributed by atoms with Crippen molar-refractivity contribution in [2.75, 3.05) is 29.9 Å². The minimum Gasteiger partial charge on any atom is -0.490 e. The van der Waals surface area contributed by atoms with Crippen LogP contribution in [0.25, 0.3) is 0 Å². The van der Waals surface area contributed by atoms with E-state index in [0.717, 1.165) is 23.4 Å². The van der Waals surface area contributed by atoms with Crippen molar-refractivity contribution in [2.45, 2.75) is 20.3 Å². The van der Waals surface area contributed by atoms with Gasteiger partial charge in [0.05, 0.1) is 18.8 Å². The maximum atomic E-state index is 12.5. The largest absolute Gasteiger partial charge is 0.490 e. The third-order valence-corrected chi connectivity index (χ3v) is 4.33. The molecule has 1 heterocycles. The second kappa shape index (κ2) is 7.38. The van der Waals surface area contributed by atoms with Gasteiger partial charge in [-0.15, -0.1) is 0 Å². The summed E-state index contributed by atoms with van der Waals surface area (Å²) in [5, 5.41) is 2.99. The quantitative estimate of drug-likeness (QED) is 0.850. The van der Waals surface area contributed by atoms with Crippen LogP contribution in [0.1, 0.15) is 29.8 Å². The summed E-state index contributed by atoms with van der Waals surface area (Å²) in [5.41, 5.74) is 3.36. The Bertz CT molecular complexity index is 801. The minimum atomic E-state index is -0.0815. The molecular formula is C20H22N2O3. The zero-order chi connectivity index (χ0) is 17.8. The number of hydrogen-bond acceptors (Lipinski definition) is 4. The Labute approximate surface area is 147 Å². The first-order valence-corrected chi connectivity index (χ1v) is 8.49. The van der Waals surface area contributed by atoms with Gasteiger partial charge in [0.15, 0.2) is 5.78 Å². The number of rotatable bonds is 5. The highest BCUT2D eigenvalue weighted by molar-refractivity contribution is 5.97. The van der Waals surface area contributed by atoms with E-state index >= 15 is 0 Å². The van der Waals surface area contributed by atoms with Crippen molar-refractivity contribution in [2.24, 2.45) is 0 Å². The summed E-state index contributed by atoms with van der Waals surface area (Å²) in [6, 6.07) is 13.2. The lowest BCUT2D eigenvalue weighted by atomic mass is 10.1. The van der Waals surface area contributed by atoms with Gasteiger partial charge in [-0.3, -0.25) is 9.59 Å². The van der Waals surface area contributed by atoms with Gasteiger partial charge in [-0.1, -0.05) is 25.1 Å². The molecule has 130 valence electrons. The molecule has 0 bridgehead atoms. The molecule has 5 nitrogen and oxygen atoms in total. The van der Waals surface area contributed by atoms with Crippen LogP contribution in [0.4, 0.5) is 11.4 Å². The van der Waals surface area contributed by atoms with Gasteiger partial charge < -0.3 is 15.0 Å². The fourth-order valence-corrected chi connectivity index (χ4v) is 2.97. The third-order valence-electron chi connectivity index (χ3n) is 4.33. The number of hydrogen-bond donors (Lipinski definition) is 1. The maximum absolute atomic E-state index is 12.5. The van der Waals surface area contributed by atoms with Crippen LogP contribution >= 0.6 is 0 Å². The van der Waals surface area contributed by atoms with Gasteiger partial charge in [0, 0.05) is 11.3 Å². The van der Waals surface area contributed by atoms with Gasteiger partial charge in [-0.2, -0.15) is 0 Å². The molecule has 0 spiro atoms. The molecule has 2 aromatic rings. The minimum absolute atomic E-state index is 0.00496. The number of Topliss-reactive ketones (excluding diaryl/α,β-unsaturated/α-hetero) is 1. The number of carbonyl (C=O) groups is 2. The molecule has 0 aromatic heterocycles. The van der Waals surface area contributed by atoms with Crippen molar-refractivity contribution in [1.82, 2.24) is 0 Å². The predicted molar refractivity (Wildman–Crippen MR) is 98.6 cm³/mol. The highest BCUT2D eigenvalue weighted by Gasteiger charge is 2.21. The van der Waals surface area contributed by atoms with Crippen LogP contribution in [0.15, 0.2) is 42.5 Å². The van der Waals surface area contributed by atoms with E-state index in [9.17, 15) is 9.59 Å². The van der Waals surface area contributed by atoms with E-state index in [4.69, 9.17) is 4.74 Å². The number of ether oxygens (including phenoxy) is 1. The molecule has 0 atom stereocenters. The normalized spacial score (nSPS) is 13.0. The number of carbonyl (C=O) groups excluding carboxylic acids is 2. The Kier molecular flexibility index (Phi) is 5.03. The highest BCUT2D eigenvalue weighted by Crippen LogP contribution is 2.32. The van der Waals surface area contributed by atoms with Crippen molar-refractivity contribution in [1.29, 1.82) is 0 Å². The van der Waals surface area contributed by atoms with E-state index in [0.29, 0.717) is 24.5 Å². The van der Waals surface area contributed by atoms with Crippen molar-refractivity contribution in [3.8, 4) is 5.75 Å². The number of aryl methyl sites for hydroxylation is 1. The first-order chi connectivity index (χ1) is 12.1. The molecule has 1 aliphatic heterocycles. The Morgan fingerprint density at radius 3 is 2.76 bits per heavy atom. The van der Waals surface area contributed by atoms with Crippen LogP contribution < -0.4 is 15.0 Å². The number of ketones is 1. The molecule has 0 fully saturated rings. The van der Waals surface area contributed by atoms with Gasteiger partial charge in [0.1, 0.15) is 12.4 Å².